The normalized spacial score (nSPS) is 10.5. The van der Waals surface area contributed by atoms with Crippen LogP contribution in [0.25, 0.3) is 10.9 Å². The second-order valence-corrected chi connectivity index (χ2v) is 4.33. The molecule has 3 rings (SSSR count). The molecule has 0 saturated heterocycles. The van der Waals surface area contributed by atoms with Crippen molar-refractivity contribution < 1.29 is 4.79 Å². The van der Waals surface area contributed by atoms with Crippen LogP contribution in [0.4, 0.5) is 11.4 Å². The predicted molar refractivity (Wildman–Crippen MR) is 77.1 cm³/mol. The summed E-state index contributed by atoms with van der Waals surface area (Å²) in [6.45, 7) is 0. The average molecular weight is 251 g/mol. The van der Waals surface area contributed by atoms with Gasteiger partial charge < -0.3 is 16.0 Å². The second kappa shape index (κ2) is 4.49. The van der Waals surface area contributed by atoms with Crippen molar-refractivity contribution in [3.8, 4) is 0 Å². The molecule has 94 valence electrons. The number of carbonyl (C=O) groups is 1. The summed E-state index contributed by atoms with van der Waals surface area (Å²) in [5.74, 6) is -0.150. The van der Waals surface area contributed by atoms with Crippen molar-refractivity contribution in [3.63, 3.8) is 0 Å². The lowest BCUT2D eigenvalue weighted by atomic mass is 10.1. The first-order valence-corrected chi connectivity index (χ1v) is 5.97. The SMILES string of the molecule is Nc1ccc2[nH]cc(C(=O)Nc3ccccc3)c2c1. The molecule has 0 fully saturated rings. The van der Waals surface area contributed by atoms with Crippen LogP contribution in [0.2, 0.25) is 0 Å². The highest BCUT2D eigenvalue weighted by atomic mass is 16.1. The smallest absolute Gasteiger partial charge is 0.257 e. The van der Waals surface area contributed by atoms with Gasteiger partial charge in [0, 0.05) is 28.5 Å². The molecule has 4 N–H and O–H groups in total. The molecule has 0 atom stereocenters. The Hall–Kier alpha value is -2.75. The lowest BCUT2D eigenvalue weighted by molar-refractivity contribution is 0.102. The van der Waals surface area contributed by atoms with Crippen LogP contribution in [-0.4, -0.2) is 10.9 Å². The Morgan fingerprint density at radius 1 is 1.11 bits per heavy atom. The van der Waals surface area contributed by atoms with E-state index in [1.807, 2.05) is 36.4 Å². The number of carbonyl (C=O) groups excluding carboxylic acids is 1. The van der Waals surface area contributed by atoms with Gasteiger partial charge in [-0.1, -0.05) is 18.2 Å². The summed E-state index contributed by atoms with van der Waals surface area (Å²) in [6.07, 6.45) is 1.70. The average Bonchev–Trinajstić information content (AvgIpc) is 2.82. The van der Waals surface area contributed by atoms with Gasteiger partial charge in [-0.3, -0.25) is 4.79 Å². The van der Waals surface area contributed by atoms with Crippen LogP contribution in [-0.2, 0) is 0 Å². The number of aromatic amines is 1. The highest BCUT2D eigenvalue weighted by Gasteiger charge is 2.12. The molecule has 0 bridgehead atoms. The Kier molecular flexibility index (Phi) is 2.68. The molecule has 0 aliphatic carbocycles. The highest BCUT2D eigenvalue weighted by Crippen LogP contribution is 2.21. The summed E-state index contributed by atoms with van der Waals surface area (Å²) >= 11 is 0. The Labute approximate surface area is 110 Å². The number of amides is 1. The third kappa shape index (κ3) is 2.15. The summed E-state index contributed by atoms with van der Waals surface area (Å²) in [5.41, 5.74) is 8.65. The molecule has 4 heteroatoms. The molecule has 1 heterocycles. The molecule has 2 aromatic carbocycles. The van der Waals surface area contributed by atoms with E-state index in [0.717, 1.165) is 16.6 Å². The van der Waals surface area contributed by atoms with Gasteiger partial charge in [0.2, 0.25) is 0 Å². The minimum atomic E-state index is -0.150. The van der Waals surface area contributed by atoms with E-state index >= 15 is 0 Å². The van der Waals surface area contributed by atoms with Crippen molar-refractivity contribution in [2.45, 2.75) is 0 Å². The topological polar surface area (TPSA) is 70.9 Å². The first-order chi connectivity index (χ1) is 9.24. The van der Waals surface area contributed by atoms with Gasteiger partial charge >= 0.3 is 0 Å². The molecule has 0 radical (unpaired) electrons. The van der Waals surface area contributed by atoms with Crippen molar-refractivity contribution in [3.05, 3.63) is 60.3 Å². The summed E-state index contributed by atoms with van der Waals surface area (Å²) in [4.78, 5) is 15.3. The number of aromatic nitrogens is 1. The van der Waals surface area contributed by atoms with Gasteiger partial charge in [0.1, 0.15) is 0 Å². The molecule has 4 nitrogen and oxygen atoms in total. The largest absolute Gasteiger partial charge is 0.399 e. The zero-order chi connectivity index (χ0) is 13.2. The molecule has 3 aromatic rings. The van der Waals surface area contributed by atoms with Crippen LogP contribution in [0.1, 0.15) is 10.4 Å². The van der Waals surface area contributed by atoms with Gasteiger partial charge in [-0.25, -0.2) is 0 Å². The molecule has 0 spiro atoms. The molecule has 0 aliphatic rings. The molecular weight excluding hydrogens is 238 g/mol. The third-order valence-electron chi connectivity index (χ3n) is 2.98. The van der Waals surface area contributed by atoms with E-state index in [4.69, 9.17) is 5.73 Å². The van der Waals surface area contributed by atoms with Gasteiger partial charge in [-0.2, -0.15) is 0 Å². The Morgan fingerprint density at radius 3 is 2.68 bits per heavy atom. The minimum Gasteiger partial charge on any atom is -0.399 e. The monoisotopic (exact) mass is 251 g/mol. The van der Waals surface area contributed by atoms with Crippen LogP contribution < -0.4 is 11.1 Å². The van der Waals surface area contributed by atoms with E-state index in [1.54, 1.807) is 18.3 Å². The Balaban J connectivity index is 1.96. The van der Waals surface area contributed by atoms with E-state index < -0.39 is 0 Å². The number of para-hydroxylation sites is 1. The van der Waals surface area contributed by atoms with E-state index in [1.165, 1.54) is 0 Å². The maximum Gasteiger partial charge on any atom is 0.257 e. The van der Waals surface area contributed by atoms with E-state index in [0.29, 0.717) is 11.3 Å². The number of nitrogens with one attached hydrogen (secondary N) is 2. The Morgan fingerprint density at radius 2 is 1.89 bits per heavy atom. The van der Waals surface area contributed by atoms with Gasteiger partial charge in [0.05, 0.1) is 5.56 Å². The molecule has 19 heavy (non-hydrogen) atoms. The lowest BCUT2D eigenvalue weighted by Crippen LogP contribution is -2.11. The fraction of sp³-hybridized carbons (Fsp3) is 0. The fourth-order valence-electron chi connectivity index (χ4n) is 2.05. The van der Waals surface area contributed by atoms with Crippen LogP contribution in [0.3, 0.4) is 0 Å². The van der Waals surface area contributed by atoms with E-state index in [9.17, 15) is 4.79 Å². The molecule has 0 aliphatic heterocycles. The second-order valence-electron chi connectivity index (χ2n) is 4.33. The predicted octanol–water partition coefficient (Wildman–Crippen LogP) is 3.00. The number of hydrogen-bond acceptors (Lipinski definition) is 2. The van der Waals surface area contributed by atoms with E-state index in [2.05, 4.69) is 10.3 Å². The van der Waals surface area contributed by atoms with Crippen LogP contribution >= 0.6 is 0 Å². The summed E-state index contributed by atoms with van der Waals surface area (Å²) < 4.78 is 0. The van der Waals surface area contributed by atoms with Crippen molar-refractivity contribution in [2.24, 2.45) is 0 Å². The molecule has 0 unspecified atom stereocenters. The zero-order valence-electron chi connectivity index (χ0n) is 10.2. The van der Waals surface area contributed by atoms with E-state index in [-0.39, 0.29) is 5.91 Å². The van der Waals surface area contributed by atoms with Crippen molar-refractivity contribution >= 4 is 28.2 Å². The number of H-pyrrole nitrogens is 1. The first kappa shape index (κ1) is 11.3. The summed E-state index contributed by atoms with van der Waals surface area (Å²) in [7, 11) is 0. The third-order valence-corrected chi connectivity index (χ3v) is 2.98. The molecule has 1 aromatic heterocycles. The first-order valence-electron chi connectivity index (χ1n) is 5.97. The maximum absolute atomic E-state index is 12.2. The minimum absolute atomic E-state index is 0.150. The number of fused-ring (bicyclic) bond motifs is 1. The fourth-order valence-corrected chi connectivity index (χ4v) is 2.05. The van der Waals surface area contributed by atoms with Gasteiger partial charge in [-0.15, -0.1) is 0 Å². The number of nitrogen functional groups attached to an aromatic ring is 1. The van der Waals surface area contributed by atoms with Crippen molar-refractivity contribution in [2.75, 3.05) is 11.1 Å². The van der Waals surface area contributed by atoms with Gasteiger partial charge in [0.25, 0.3) is 5.91 Å². The lowest BCUT2D eigenvalue weighted by Gasteiger charge is -2.04. The standard InChI is InChI=1S/C15H13N3O/c16-10-6-7-14-12(8-10)13(9-17-14)15(19)18-11-4-2-1-3-5-11/h1-9,17H,16H2,(H,18,19). The van der Waals surface area contributed by atoms with Gasteiger partial charge in [0.15, 0.2) is 0 Å². The van der Waals surface area contributed by atoms with Gasteiger partial charge in [-0.05, 0) is 30.3 Å². The number of hydrogen-bond donors (Lipinski definition) is 3. The number of rotatable bonds is 2. The quantitative estimate of drug-likeness (QED) is 0.613. The Bertz CT molecular complexity index is 731. The molecule has 0 saturated carbocycles. The van der Waals surface area contributed by atoms with Crippen molar-refractivity contribution in [1.82, 2.24) is 4.98 Å². The summed E-state index contributed by atoms with van der Waals surface area (Å²) in [5, 5.41) is 3.68. The number of nitrogens with two attached hydrogens (primary N) is 1. The van der Waals surface area contributed by atoms with Crippen molar-refractivity contribution in [1.29, 1.82) is 0 Å². The van der Waals surface area contributed by atoms with Crippen LogP contribution in [0.15, 0.2) is 54.7 Å². The maximum atomic E-state index is 12.2. The number of anilines is 2. The number of benzene rings is 2. The zero-order valence-corrected chi connectivity index (χ0v) is 10.2. The van der Waals surface area contributed by atoms with Crippen LogP contribution in [0.5, 0.6) is 0 Å². The highest BCUT2D eigenvalue weighted by molar-refractivity contribution is 6.13. The molecular formula is C15H13N3O. The summed E-state index contributed by atoms with van der Waals surface area (Å²) in [6, 6.07) is 14.8. The molecule has 1 amide bonds. The van der Waals surface area contributed by atoms with Crippen LogP contribution in [0, 0.1) is 0 Å².